The third kappa shape index (κ3) is 3.89. The summed E-state index contributed by atoms with van der Waals surface area (Å²) in [7, 11) is 0. The van der Waals surface area contributed by atoms with Gasteiger partial charge in [-0.25, -0.2) is 0 Å². The van der Waals surface area contributed by atoms with Crippen molar-refractivity contribution in [2.45, 2.75) is 12.5 Å². The molecule has 142 valence electrons. The van der Waals surface area contributed by atoms with Crippen molar-refractivity contribution in [2.75, 3.05) is 49.5 Å². The first-order valence-corrected chi connectivity index (χ1v) is 9.37. The molecule has 4 rings (SSSR count). The summed E-state index contributed by atoms with van der Waals surface area (Å²) in [5.74, 6) is 0. The number of nitro groups is 1. The summed E-state index contributed by atoms with van der Waals surface area (Å²) in [6.07, 6.45) is 0.533. The highest BCUT2D eigenvalue weighted by atomic mass is 16.6. The van der Waals surface area contributed by atoms with Gasteiger partial charge in [0, 0.05) is 62.8 Å². The molecule has 0 spiro atoms. The number of nitrogens with zero attached hydrogens (tertiary/aromatic N) is 3. The van der Waals surface area contributed by atoms with Gasteiger partial charge in [-0.15, -0.1) is 0 Å². The summed E-state index contributed by atoms with van der Waals surface area (Å²) >= 11 is 0. The highest BCUT2D eigenvalue weighted by molar-refractivity contribution is 5.56. The average Bonchev–Trinajstić information content (AvgIpc) is 3.16. The van der Waals surface area contributed by atoms with Gasteiger partial charge in [0.1, 0.15) is 0 Å². The molecule has 2 aromatic carbocycles. The van der Waals surface area contributed by atoms with E-state index in [1.165, 1.54) is 11.3 Å². The Kier molecular flexibility index (Phi) is 4.96. The van der Waals surface area contributed by atoms with Crippen LogP contribution < -0.4 is 10.2 Å². The van der Waals surface area contributed by atoms with Gasteiger partial charge in [-0.3, -0.25) is 15.0 Å². The second-order valence-corrected chi connectivity index (χ2v) is 7.17. The number of rotatable bonds is 5. The van der Waals surface area contributed by atoms with E-state index in [0.717, 1.165) is 50.4 Å². The molecule has 2 aliphatic rings. The van der Waals surface area contributed by atoms with Gasteiger partial charge < -0.3 is 15.3 Å². The lowest BCUT2D eigenvalue weighted by Gasteiger charge is -2.37. The first-order chi connectivity index (χ1) is 13.1. The number of fused-ring (bicyclic) bond motifs is 1. The van der Waals surface area contributed by atoms with E-state index in [0.29, 0.717) is 6.54 Å². The number of nitro benzene ring substituents is 1. The molecule has 0 aliphatic carbocycles. The van der Waals surface area contributed by atoms with Crippen LogP contribution in [0.25, 0.3) is 0 Å². The molecule has 2 aliphatic heterocycles. The summed E-state index contributed by atoms with van der Waals surface area (Å²) in [6, 6.07) is 12.9. The van der Waals surface area contributed by atoms with Crippen molar-refractivity contribution in [2.24, 2.45) is 0 Å². The van der Waals surface area contributed by atoms with Gasteiger partial charge in [0.05, 0.1) is 11.0 Å². The van der Waals surface area contributed by atoms with Gasteiger partial charge in [-0.1, -0.05) is 12.1 Å². The van der Waals surface area contributed by atoms with Gasteiger partial charge in [0.2, 0.25) is 0 Å². The van der Waals surface area contributed by atoms with Crippen LogP contribution in [0.4, 0.5) is 17.1 Å². The van der Waals surface area contributed by atoms with E-state index < -0.39 is 6.10 Å². The van der Waals surface area contributed by atoms with Crippen molar-refractivity contribution < 1.29 is 10.0 Å². The molecule has 2 aromatic rings. The molecule has 1 saturated heterocycles. The molecule has 1 fully saturated rings. The van der Waals surface area contributed by atoms with E-state index in [2.05, 4.69) is 27.2 Å². The van der Waals surface area contributed by atoms with E-state index >= 15 is 0 Å². The molecular weight excluding hydrogens is 344 g/mol. The number of hydrogen-bond acceptors (Lipinski definition) is 6. The Morgan fingerprint density at radius 3 is 2.56 bits per heavy atom. The number of non-ortho nitro benzene ring substituents is 1. The number of aliphatic hydroxyl groups excluding tert-OH is 1. The highest BCUT2D eigenvalue weighted by Crippen LogP contribution is 2.27. The van der Waals surface area contributed by atoms with Crippen molar-refractivity contribution in [3.05, 3.63) is 63.7 Å². The topological polar surface area (TPSA) is 81.9 Å². The molecule has 0 aromatic heterocycles. The minimum absolute atomic E-state index is 0.116. The Morgan fingerprint density at radius 1 is 1.11 bits per heavy atom. The first kappa shape index (κ1) is 17.8. The molecule has 27 heavy (non-hydrogen) atoms. The van der Waals surface area contributed by atoms with Gasteiger partial charge in [0.25, 0.3) is 5.69 Å². The van der Waals surface area contributed by atoms with Crippen LogP contribution in [0.5, 0.6) is 0 Å². The Bertz CT molecular complexity index is 816. The Morgan fingerprint density at radius 2 is 1.85 bits per heavy atom. The number of β-amino-alcohol motifs (C(OH)–C–C–N with tert-alkyl or cyclic N) is 1. The number of nitrogens with one attached hydrogen (secondary N) is 1. The smallest absolute Gasteiger partial charge is 0.269 e. The monoisotopic (exact) mass is 368 g/mol. The van der Waals surface area contributed by atoms with Crippen LogP contribution >= 0.6 is 0 Å². The van der Waals surface area contributed by atoms with Gasteiger partial charge in [-0.2, -0.15) is 0 Å². The predicted octanol–water partition coefficient (Wildman–Crippen LogP) is 2.42. The summed E-state index contributed by atoms with van der Waals surface area (Å²) in [4.78, 5) is 14.9. The zero-order chi connectivity index (χ0) is 18.8. The van der Waals surface area contributed by atoms with Crippen molar-refractivity contribution in [1.82, 2.24) is 4.90 Å². The maximum absolute atomic E-state index is 10.8. The minimum atomic E-state index is -0.484. The second kappa shape index (κ2) is 7.54. The largest absolute Gasteiger partial charge is 0.387 e. The first-order valence-electron chi connectivity index (χ1n) is 9.37. The number of benzene rings is 2. The standard InChI is InChI=1S/C20H24N4O3/c25-20(16-1-6-19-15(13-16)7-8-21-19)14-22-9-11-23(12-10-22)17-2-4-18(5-3-17)24(26)27/h1-6,13,20-21,25H,7-12,14H2/t20-/m1/s1. The quantitative estimate of drug-likeness (QED) is 0.623. The second-order valence-electron chi connectivity index (χ2n) is 7.17. The number of piperazine rings is 1. The van der Waals surface area contributed by atoms with Crippen LogP contribution in [0, 0.1) is 10.1 Å². The van der Waals surface area contributed by atoms with Crippen LogP contribution in [0.3, 0.4) is 0 Å². The fraction of sp³-hybridized carbons (Fsp3) is 0.400. The van der Waals surface area contributed by atoms with Crippen LogP contribution in [0.2, 0.25) is 0 Å². The van der Waals surface area contributed by atoms with Crippen LogP contribution in [0.1, 0.15) is 17.2 Å². The Labute approximate surface area is 158 Å². The van der Waals surface area contributed by atoms with E-state index in [-0.39, 0.29) is 10.6 Å². The molecular formula is C20H24N4O3. The van der Waals surface area contributed by atoms with Crippen molar-refractivity contribution >= 4 is 17.1 Å². The van der Waals surface area contributed by atoms with Crippen LogP contribution in [-0.4, -0.2) is 54.2 Å². The lowest BCUT2D eigenvalue weighted by Crippen LogP contribution is -2.47. The fourth-order valence-electron chi connectivity index (χ4n) is 3.86. The fourth-order valence-corrected chi connectivity index (χ4v) is 3.86. The summed E-state index contributed by atoms with van der Waals surface area (Å²) in [5, 5.41) is 24.7. The van der Waals surface area contributed by atoms with Crippen LogP contribution in [0.15, 0.2) is 42.5 Å². The molecule has 0 radical (unpaired) electrons. The Balaban J connectivity index is 1.32. The average molecular weight is 368 g/mol. The highest BCUT2D eigenvalue weighted by Gasteiger charge is 2.21. The summed E-state index contributed by atoms with van der Waals surface area (Å²) < 4.78 is 0. The number of anilines is 2. The zero-order valence-corrected chi connectivity index (χ0v) is 15.2. The normalized spacial score (nSPS) is 18.0. The molecule has 0 unspecified atom stereocenters. The maximum atomic E-state index is 10.8. The molecule has 0 amide bonds. The number of aliphatic hydroxyl groups is 1. The third-order valence-electron chi connectivity index (χ3n) is 5.45. The molecule has 1 atom stereocenters. The summed E-state index contributed by atoms with van der Waals surface area (Å²) in [5.41, 5.74) is 4.57. The minimum Gasteiger partial charge on any atom is -0.387 e. The van der Waals surface area contributed by atoms with Gasteiger partial charge in [0.15, 0.2) is 0 Å². The van der Waals surface area contributed by atoms with Gasteiger partial charge in [-0.05, 0) is 35.7 Å². The van der Waals surface area contributed by atoms with E-state index in [9.17, 15) is 15.2 Å². The molecule has 2 heterocycles. The molecule has 7 nitrogen and oxygen atoms in total. The summed E-state index contributed by atoms with van der Waals surface area (Å²) in [6.45, 7) is 5.01. The predicted molar refractivity (Wildman–Crippen MR) is 105 cm³/mol. The van der Waals surface area contributed by atoms with E-state index in [1.54, 1.807) is 24.3 Å². The van der Waals surface area contributed by atoms with Crippen LogP contribution in [-0.2, 0) is 6.42 Å². The van der Waals surface area contributed by atoms with Gasteiger partial charge >= 0.3 is 0 Å². The van der Waals surface area contributed by atoms with Crippen molar-refractivity contribution in [3.63, 3.8) is 0 Å². The van der Waals surface area contributed by atoms with Crippen molar-refractivity contribution in [3.8, 4) is 0 Å². The lowest BCUT2D eigenvalue weighted by atomic mass is 10.0. The molecule has 0 saturated carbocycles. The van der Waals surface area contributed by atoms with E-state index in [4.69, 9.17) is 0 Å². The lowest BCUT2D eigenvalue weighted by molar-refractivity contribution is -0.384. The van der Waals surface area contributed by atoms with E-state index in [1.807, 2.05) is 6.07 Å². The molecule has 2 N–H and O–H groups in total. The maximum Gasteiger partial charge on any atom is 0.269 e. The van der Waals surface area contributed by atoms with Crippen molar-refractivity contribution in [1.29, 1.82) is 0 Å². The SMILES string of the molecule is O=[N+]([O-])c1ccc(N2CCN(C[C@@H](O)c3ccc4c(c3)CCN4)CC2)cc1. The zero-order valence-electron chi connectivity index (χ0n) is 15.2. The third-order valence-corrected chi connectivity index (χ3v) is 5.45. The number of hydrogen-bond donors (Lipinski definition) is 2. The Hall–Kier alpha value is -2.64. The molecule has 0 bridgehead atoms. The molecule has 7 heteroatoms.